The van der Waals surface area contributed by atoms with E-state index < -0.39 is 0 Å². The van der Waals surface area contributed by atoms with Crippen molar-refractivity contribution in [3.05, 3.63) is 42.4 Å². The lowest BCUT2D eigenvalue weighted by Crippen LogP contribution is -2.47. The van der Waals surface area contributed by atoms with Crippen LogP contribution in [0.1, 0.15) is 5.69 Å². The summed E-state index contributed by atoms with van der Waals surface area (Å²) < 4.78 is 1.68. The molecule has 1 aromatic carbocycles. The number of Topliss-reactive ketones (excluding diaryl/α,β-unsaturated/α-hetero) is 1. The van der Waals surface area contributed by atoms with E-state index in [-0.39, 0.29) is 11.7 Å². The molecule has 0 amide bonds. The summed E-state index contributed by atoms with van der Waals surface area (Å²) >= 11 is 0. The number of ketones is 1. The van der Waals surface area contributed by atoms with Crippen LogP contribution < -0.4 is 5.32 Å². The quantitative estimate of drug-likeness (QED) is 0.788. The monoisotopic (exact) mass is 307 g/mol. The van der Waals surface area contributed by atoms with Gasteiger partial charge in [-0.15, -0.1) is 5.10 Å². The Kier molecular flexibility index (Phi) is 3.38. The van der Waals surface area contributed by atoms with Gasteiger partial charge in [0.2, 0.25) is 0 Å². The van der Waals surface area contributed by atoms with Gasteiger partial charge in [0.15, 0.2) is 0 Å². The average molecular weight is 307 g/mol. The van der Waals surface area contributed by atoms with Gasteiger partial charge in [0.25, 0.3) is 0 Å². The molecule has 1 aliphatic rings. The molecular formula is C17H17N5O. The average Bonchev–Trinajstić information content (AvgIpc) is 2.91. The van der Waals surface area contributed by atoms with Gasteiger partial charge in [-0.25, -0.2) is 0 Å². The molecule has 0 radical (unpaired) electrons. The number of carbonyl (C=O) groups is 1. The molecule has 6 nitrogen and oxygen atoms in total. The first-order valence-corrected chi connectivity index (χ1v) is 7.68. The molecule has 6 heteroatoms. The third-order valence-electron chi connectivity index (χ3n) is 4.27. The van der Waals surface area contributed by atoms with Crippen molar-refractivity contribution < 1.29 is 4.79 Å². The number of rotatable bonds is 4. The summed E-state index contributed by atoms with van der Waals surface area (Å²) in [4.78, 5) is 16.5. The summed E-state index contributed by atoms with van der Waals surface area (Å²) in [7, 11) is 1.85. The molecule has 1 fully saturated rings. The number of hydrogen-bond acceptors (Lipinski definition) is 5. The van der Waals surface area contributed by atoms with Gasteiger partial charge in [0.05, 0.1) is 6.20 Å². The minimum atomic E-state index is 0.151. The third kappa shape index (κ3) is 2.73. The van der Waals surface area contributed by atoms with E-state index in [1.165, 1.54) is 0 Å². The van der Waals surface area contributed by atoms with E-state index in [0.29, 0.717) is 6.42 Å². The molecule has 0 unspecified atom stereocenters. The SMILES string of the molecule is Cn1cc(-c2ccc3cnc(CC(=O)C4CNC4)cc3c2)nn1. The molecule has 23 heavy (non-hydrogen) atoms. The largest absolute Gasteiger partial charge is 0.315 e. The fraction of sp³-hybridized carbons (Fsp3) is 0.294. The van der Waals surface area contributed by atoms with Crippen molar-refractivity contribution in [1.29, 1.82) is 0 Å². The molecule has 1 saturated heterocycles. The maximum atomic E-state index is 12.1. The molecule has 0 aliphatic carbocycles. The predicted octanol–water partition coefficient (Wildman–Crippen LogP) is 1.36. The number of carbonyl (C=O) groups excluding carboxylic acids is 1. The third-order valence-corrected chi connectivity index (χ3v) is 4.27. The molecule has 1 N–H and O–H groups in total. The number of benzene rings is 1. The number of hydrogen-bond donors (Lipinski definition) is 1. The molecule has 0 saturated carbocycles. The maximum absolute atomic E-state index is 12.1. The van der Waals surface area contributed by atoms with E-state index in [1.54, 1.807) is 4.68 Å². The Morgan fingerprint density at radius 2 is 2.17 bits per heavy atom. The van der Waals surface area contributed by atoms with Gasteiger partial charge in [-0.1, -0.05) is 17.3 Å². The van der Waals surface area contributed by atoms with Crippen LogP contribution in [-0.4, -0.2) is 38.9 Å². The van der Waals surface area contributed by atoms with Crippen LogP contribution in [0.5, 0.6) is 0 Å². The van der Waals surface area contributed by atoms with Gasteiger partial charge < -0.3 is 5.32 Å². The zero-order chi connectivity index (χ0) is 15.8. The van der Waals surface area contributed by atoms with E-state index in [4.69, 9.17) is 0 Å². The van der Waals surface area contributed by atoms with Crippen LogP contribution in [0.3, 0.4) is 0 Å². The molecular weight excluding hydrogens is 290 g/mol. The highest BCUT2D eigenvalue weighted by atomic mass is 16.1. The molecule has 3 aromatic rings. The zero-order valence-corrected chi connectivity index (χ0v) is 12.9. The van der Waals surface area contributed by atoms with Crippen molar-refractivity contribution in [2.24, 2.45) is 13.0 Å². The van der Waals surface area contributed by atoms with E-state index >= 15 is 0 Å². The number of nitrogens with zero attached hydrogens (tertiary/aromatic N) is 4. The normalized spacial score (nSPS) is 14.8. The molecule has 2 aromatic heterocycles. The lowest BCUT2D eigenvalue weighted by Gasteiger charge is -2.25. The lowest BCUT2D eigenvalue weighted by molar-refractivity contribution is -0.123. The number of pyridine rings is 1. The minimum absolute atomic E-state index is 0.151. The Labute approximate surface area is 133 Å². The Balaban J connectivity index is 1.65. The van der Waals surface area contributed by atoms with Crippen LogP contribution in [0.15, 0.2) is 36.7 Å². The second kappa shape index (κ2) is 5.55. The molecule has 4 rings (SSSR count). The van der Waals surface area contributed by atoms with Gasteiger partial charge in [0.1, 0.15) is 11.5 Å². The van der Waals surface area contributed by atoms with E-state index in [1.807, 2.05) is 37.6 Å². The lowest BCUT2D eigenvalue weighted by atomic mass is 9.94. The summed E-state index contributed by atoms with van der Waals surface area (Å²) in [5.41, 5.74) is 2.67. The van der Waals surface area contributed by atoms with Crippen molar-refractivity contribution in [2.45, 2.75) is 6.42 Å². The second-order valence-electron chi connectivity index (χ2n) is 6.01. The smallest absolute Gasteiger partial charge is 0.144 e. The van der Waals surface area contributed by atoms with Crippen molar-refractivity contribution in [2.75, 3.05) is 13.1 Å². The zero-order valence-electron chi connectivity index (χ0n) is 12.9. The van der Waals surface area contributed by atoms with Crippen LogP contribution in [0.2, 0.25) is 0 Å². The summed E-state index contributed by atoms with van der Waals surface area (Å²) in [6.07, 6.45) is 4.12. The van der Waals surface area contributed by atoms with Gasteiger partial charge in [0, 0.05) is 55.3 Å². The summed E-state index contributed by atoms with van der Waals surface area (Å²) in [6.45, 7) is 1.59. The van der Waals surface area contributed by atoms with Crippen LogP contribution in [0.4, 0.5) is 0 Å². The topological polar surface area (TPSA) is 72.7 Å². The first-order valence-electron chi connectivity index (χ1n) is 7.68. The van der Waals surface area contributed by atoms with Crippen LogP contribution >= 0.6 is 0 Å². The summed E-state index contributed by atoms with van der Waals surface area (Å²) in [5.74, 6) is 0.416. The maximum Gasteiger partial charge on any atom is 0.144 e. The van der Waals surface area contributed by atoms with Crippen LogP contribution in [0, 0.1) is 5.92 Å². The van der Waals surface area contributed by atoms with Gasteiger partial charge >= 0.3 is 0 Å². The second-order valence-corrected chi connectivity index (χ2v) is 6.01. The number of fused-ring (bicyclic) bond motifs is 1. The van der Waals surface area contributed by atoms with Crippen molar-refractivity contribution >= 4 is 16.6 Å². The number of aryl methyl sites for hydroxylation is 1. The van der Waals surface area contributed by atoms with Gasteiger partial charge in [-0.05, 0) is 17.5 Å². The molecule has 116 valence electrons. The Hall–Kier alpha value is -2.60. The number of aromatic nitrogens is 4. The fourth-order valence-corrected chi connectivity index (χ4v) is 2.76. The molecule has 0 spiro atoms. The predicted molar refractivity (Wildman–Crippen MR) is 86.8 cm³/mol. The number of nitrogens with one attached hydrogen (secondary N) is 1. The van der Waals surface area contributed by atoms with Crippen LogP contribution in [-0.2, 0) is 18.3 Å². The highest BCUT2D eigenvalue weighted by Crippen LogP contribution is 2.23. The summed E-state index contributed by atoms with van der Waals surface area (Å²) in [5, 5.41) is 13.4. The van der Waals surface area contributed by atoms with E-state index in [0.717, 1.165) is 40.8 Å². The Bertz CT molecular complexity index is 882. The highest BCUT2D eigenvalue weighted by Gasteiger charge is 2.24. The minimum Gasteiger partial charge on any atom is -0.315 e. The first kappa shape index (κ1) is 14.0. The summed E-state index contributed by atoms with van der Waals surface area (Å²) in [6, 6.07) is 8.10. The van der Waals surface area contributed by atoms with Gasteiger partial charge in [-0.2, -0.15) is 0 Å². The Morgan fingerprint density at radius 3 is 2.87 bits per heavy atom. The van der Waals surface area contributed by atoms with E-state index in [9.17, 15) is 4.79 Å². The van der Waals surface area contributed by atoms with Crippen molar-refractivity contribution in [1.82, 2.24) is 25.3 Å². The molecule has 0 atom stereocenters. The highest BCUT2D eigenvalue weighted by molar-refractivity contribution is 5.88. The Morgan fingerprint density at radius 1 is 1.30 bits per heavy atom. The molecule has 3 heterocycles. The molecule has 0 bridgehead atoms. The van der Waals surface area contributed by atoms with Gasteiger partial charge in [-0.3, -0.25) is 14.5 Å². The standard InChI is InChI=1S/C17H17N5O/c1-22-10-16(20-21-22)11-2-3-12-9-19-15(5-13(12)4-11)6-17(23)14-7-18-8-14/h2-5,9-10,14,18H,6-8H2,1H3. The van der Waals surface area contributed by atoms with Crippen molar-refractivity contribution in [3.8, 4) is 11.3 Å². The van der Waals surface area contributed by atoms with Crippen molar-refractivity contribution in [3.63, 3.8) is 0 Å². The van der Waals surface area contributed by atoms with E-state index in [2.05, 4.69) is 26.7 Å². The van der Waals surface area contributed by atoms with Crippen LogP contribution in [0.25, 0.3) is 22.0 Å². The first-order chi connectivity index (χ1) is 11.2. The fourth-order valence-electron chi connectivity index (χ4n) is 2.76. The molecule has 1 aliphatic heterocycles.